The fraction of sp³-hybridized carbons (Fsp3) is 0.300. The highest BCUT2D eigenvalue weighted by atomic mass is 19.2. The van der Waals surface area contributed by atoms with Crippen LogP contribution in [0.3, 0.4) is 0 Å². The Balaban J connectivity index is 3.19. The number of hydrogen-bond acceptors (Lipinski definition) is 2. The Kier molecular flexibility index (Phi) is 3.54. The van der Waals surface area contributed by atoms with Crippen molar-refractivity contribution in [2.24, 2.45) is 5.73 Å². The molecule has 0 heterocycles. The van der Waals surface area contributed by atoms with E-state index in [0.717, 1.165) is 13.0 Å². The van der Waals surface area contributed by atoms with Gasteiger partial charge in [0, 0.05) is 17.2 Å². The highest BCUT2D eigenvalue weighted by Gasteiger charge is 2.21. The van der Waals surface area contributed by atoms with Gasteiger partial charge in [0.25, 0.3) is 0 Å². The van der Waals surface area contributed by atoms with Gasteiger partial charge in [-0.05, 0) is 13.0 Å². The fourth-order valence-corrected chi connectivity index (χ4v) is 1.27. The molecule has 1 unspecified atom stereocenters. The zero-order chi connectivity index (χ0) is 12.5. The van der Waals surface area contributed by atoms with E-state index < -0.39 is 47.0 Å². The van der Waals surface area contributed by atoms with E-state index in [1.165, 1.54) is 0 Å². The molecule has 1 aromatic carbocycles. The lowest BCUT2D eigenvalue weighted by molar-refractivity contribution is -0.137. The van der Waals surface area contributed by atoms with Crippen LogP contribution in [0.15, 0.2) is 6.07 Å². The van der Waals surface area contributed by atoms with Gasteiger partial charge in [0.2, 0.25) is 0 Å². The molecular formula is C10H10F3NO2. The Morgan fingerprint density at radius 2 is 2.00 bits per heavy atom. The lowest BCUT2D eigenvalue weighted by Crippen LogP contribution is -2.18. The molecule has 1 rings (SSSR count). The van der Waals surface area contributed by atoms with Gasteiger partial charge in [-0.25, -0.2) is 13.2 Å². The highest BCUT2D eigenvalue weighted by Crippen LogP contribution is 2.24. The smallest absolute Gasteiger partial charge is 0.305 e. The summed E-state index contributed by atoms with van der Waals surface area (Å²) in [6.45, 7) is 1.08. The molecule has 3 nitrogen and oxygen atoms in total. The van der Waals surface area contributed by atoms with Crippen molar-refractivity contribution < 1.29 is 23.1 Å². The van der Waals surface area contributed by atoms with Gasteiger partial charge in [-0.2, -0.15) is 0 Å². The maximum absolute atomic E-state index is 13.3. The predicted octanol–water partition coefficient (Wildman–Crippen LogP) is 1.89. The molecule has 0 aromatic heterocycles. The molecule has 0 aliphatic rings. The summed E-state index contributed by atoms with van der Waals surface area (Å²) >= 11 is 0. The number of carboxylic acid groups (broad SMARTS) is 1. The summed E-state index contributed by atoms with van der Waals surface area (Å²) in [6.07, 6.45) is -0.598. The van der Waals surface area contributed by atoms with E-state index in [1.54, 1.807) is 0 Å². The van der Waals surface area contributed by atoms with Crippen molar-refractivity contribution in [2.45, 2.75) is 19.4 Å². The number of carboxylic acids is 1. The van der Waals surface area contributed by atoms with E-state index in [4.69, 9.17) is 10.8 Å². The standard InChI is InChI=1S/C10H10F3NO2/c1-4-6(11)2-5(10(13)9(4)12)7(14)3-8(15)16/h2,7H,3,14H2,1H3,(H,15,16). The number of aliphatic carboxylic acids is 1. The minimum Gasteiger partial charge on any atom is -0.481 e. The van der Waals surface area contributed by atoms with Crippen LogP contribution in [0.2, 0.25) is 0 Å². The molecule has 88 valence electrons. The molecule has 0 aliphatic carbocycles. The topological polar surface area (TPSA) is 63.3 Å². The van der Waals surface area contributed by atoms with Crippen molar-refractivity contribution in [3.63, 3.8) is 0 Å². The second kappa shape index (κ2) is 4.52. The Bertz CT molecular complexity index is 435. The molecular weight excluding hydrogens is 223 g/mol. The second-order valence-electron chi connectivity index (χ2n) is 3.40. The van der Waals surface area contributed by atoms with Crippen molar-refractivity contribution in [2.75, 3.05) is 0 Å². The van der Waals surface area contributed by atoms with Crippen molar-refractivity contribution >= 4 is 5.97 Å². The average molecular weight is 233 g/mol. The summed E-state index contributed by atoms with van der Waals surface area (Å²) in [7, 11) is 0. The van der Waals surface area contributed by atoms with E-state index in [9.17, 15) is 18.0 Å². The summed E-state index contributed by atoms with van der Waals surface area (Å²) in [4.78, 5) is 10.3. The zero-order valence-corrected chi connectivity index (χ0v) is 8.43. The van der Waals surface area contributed by atoms with Crippen LogP contribution in [0.25, 0.3) is 0 Å². The molecule has 0 radical (unpaired) electrons. The SMILES string of the molecule is Cc1c(F)cc(C(N)CC(=O)O)c(F)c1F. The number of benzene rings is 1. The van der Waals surface area contributed by atoms with Crippen LogP contribution < -0.4 is 5.73 Å². The maximum Gasteiger partial charge on any atom is 0.305 e. The van der Waals surface area contributed by atoms with E-state index in [1.807, 2.05) is 0 Å². The van der Waals surface area contributed by atoms with Crippen molar-refractivity contribution in [3.8, 4) is 0 Å². The highest BCUT2D eigenvalue weighted by molar-refractivity contribution is 5.67. The van der Waals surface area contributed by atoms with Crippen LogP contribution in [0.5, 0.6) is 0 Å². The molecule has 0 aliphatic heterocycles. The Morgan fingerprint density at radius 3 is 2.50 bits per heavy atom. The Morgan fingerprint density at radius 1 is 1.44 bits per heavy atom. The second-order valence-corrected chi connectivity index (χ2v) is 3.40. The van der Waals surface area contributed by atoms with Crippen LogP contribution in [0.4, 0.5) is 13.2 Å². The first-order valence-electron chi connectivity index (χ1n) is 4.46. The molecule has 0 spiro atoms. The molecule has 1 aromatic rings. The number of hydrogen-bond donors (Lipinski definition) is 2. The van der Waals surface area contributed by atoms with Crippen molar-refractivity contribution in [1.82, 2.24) is 0 Å². The quantitative estimate of drug-likeness (QED) is 0.783. The summed E-state index contributed by atoms with van der Waals surface area (Å²) in [5.74, 6) is -4.86. The Hall–Kier alpha value is -1.56. The molecule has 6 heteroatoms. The molecule has 0 fully saturated rings. The predicted molar refractivity (Wildman–Crippen MR) is 50.2 cm³/mol. The van der Waals surface area contributed by atoms with E-state index in [0.29, 0.717) is 0 Å². The fourth-order valence-electron chi connectivity index (χ4n) is 1.27. The van der Waals surface area contributed by atoms with Gasteiger partial charge in [0.1, 0.15) is 5.82 Å². The molecule has 1 atom stereocenters. The van der Waals surface area contributed by atoms with Gasteiger partial charge in [-0.3, -0.25) is 4.79 Å². The van der Waals surface area contributed by atoms with Gasteiger partial charge in [0.15, 0.2) is 11.6 Å². The first-order chi connectivity index (χ1) is 7.34. The van der Waals surface area contributed by atoms with Crippen molar-refractivity contribution in [1.29, 1.82) is 0 Å². The minimum atomic E-state index is -1.34. The average Bonchev–Trinajstić information content (AvgIpc) is 2.19. The molecule has 0 bridgehead atoms. The largest absolute Gasteiger partial charge is 0.481 e. The number of nitrogens with two attached hydrogens (primary N) is 1. The third-order valence-corrected chi connectivity index (χ3v) is 2.21. The number of halogens is 3. The third kappa shape index (κ3) is 2.33. The zero-order valence-electron chi connectivity index (χ0n) is 8.43. The molecule has 0 saturated heterocycles. The van der Waals surface area contributed by atoms with Crippen LogP contribution in [0, 0.1) is 24.4 Å². The maximum atomic E-state index is 13.3. The number of carbonyl (C=O) groups is 1. The third-order valence-electron chi connectivity index (χ3n) is 2.21. The number of rotatable bonds is 3. The summed E-state index contributed by atoms with van der Waals surface area (Å²) in [5, 5.41) is 8.44. The van der Waals surface area contributed by atoms with Gasteiger partial charge in [-0.15, -0.1) is 0 Å². The summed E-state index contributed by atoms with van der Waals surface area (Å²) in [6, 6.07) is -0.552. The molecule has 0 amide bonds. The van der Waals surface area contributed by atoms with Gasteiger partial charge in [0.05, 0.1) is 6.42 Å². The van der Waals surface area contributed by atoms with Crippen LogP contribution in [-0.2, 0) is 4.79 Å². The summed E-state index contributed by atoms with van der Waals surface area (Å²) in [5.41, 5.74) is 4.41. The van der Waals surface area contributed by atoms with Crippen LogP contribution in [0.1, 0.15) is 23.6 Å². The lowest BCUT2D eigenvalue weighted by Gasteiger charge is -2.12. The molecule has 0 saturated carbocycles. The Labute approximate surface area is 89.7 Å². The monoisotopic (exact) mass is 233 g/mol. The van der Waals surface area contributed by atoms with E-state index >= 15 is 0 Å². The van der Waals surface area contributed by atoms with Crippen molar-refractivity contribution in [3.05, 3.63) is 34.6 Å². The van der Waals surface area contributed by atoms with Gasteiger partial charge >= 0.3 is 5.97 Å². The normalized spacial score (nSPS) is 12.6. The van der Waals surface area contributed by atoms with Gasteiger partial charge in [-0.1, -0.05) is 0 Å². The van der Waals surface area contributed by atoms with Crippen LogP contribution in [-0.4, -0.2) is 11.1 Å². The van der Waals surface area contributed by atoms with Crippen LogP contribution >= 0.6 is 0 Å². The first-order valence-corrected chi connectivity index (χ1v) is 4.46. The van der Waals surface area contributed by atoms with E-state index in [2.05, 4.69) is 0 Å². The first kappa shape index (κ1) is 12.5. The lowest BCUT2D eigenvalue weighted by atomic mass is 10.0. The van der Waals surface area contributed by atoms with Gasteiger partial charge < -0.3 is 10.8 Å². The minimum absolute atomic E-state index is 0.455. The summed E-state index contributed by atoms with van der Waals surface area (Å²) < 4.78 is 39.6. The molecule has 16 heavy (non-hydrogen) atoms. The van der Waals surface area contributed by atoms with E-state index in [-0.39, 0.29) is 0 Å². The molecule has 3 N–H and O–H groups in total.